The topological polar surface area (TPSA) is 37.3 Å². The summed E-state index contributed by atoms with van der Waals surface area (Å²) >= 11 is -2.06. The van der Waals surface area contributed by atoms with Gasteiger partial charge in [0.05, 0.1) is 0 Å². The molecule has 0 rings (SSSR count). The predicted molar refractivity (Wildman–Crippen MR) is 42.6 cm³/mol. The molecule has 0 radical (unpaired) electrons. The van der Waals surface area contributed by atoms with E-state index < -0.39 is 17.5 Å². The van der Waals surface area contributed by atoms with Gasteiger partial charge in [0.25, 0.3) is 0 Å². The van der Waals surface area contributed by atoms with E-state index in [1.54, 1.807) is 6.92 Å². The molecule has 0 spiro atoms. The molecule has 0 aromatic heterocycles. The van der Waals surface area contributed by atoms with Crippen LogP contribution in [0, 0.1) is 0 Å². The summed E-state index contributed by atoms with van der Waals surface area (Å²) in [6, 6.07) is 0. The first-order chi connectivity index (χ1) is 4.00. The zero-order chi connectivity index (χ0) is 7.86. The zero-order valence-corrected chi connectivity index (χ0v) is 9.46. The van der Waals surface area contributed by atoms with Gasteiger partial charge in [-0.15, -0.1) is 0 Å². The molecule has 0 aromatic rings. The van der Waals surface area contributed by atoms with Gasteiger partial charge in [0.2, 0.25) is 0 Å². The van der Waals surface area contributed by atoms with Crippen LogP contribution in [-0.2, 0) is 4.79 Å². The van der Waals surface area contributed by atoms with Crippen LogP contribution in [0.5, 0.6) is 0 Å². The van der Waals surface area contributed by atoms with E-state index in [0.29, 0.717) is 0 Å². The maximum atomic E-state index is 9.37. The van der Waals surface area contributed by atoms with E-state index in [4.69, 9.17) is 35.1 Å². The molecule has 2 nitrogen and oxygen atoms in total. The fourth-order valence-electron chi connectivity index (χ4n) is 0. The maximum absolute atomic E-state index is 9.37. The third-order valence-corrected chi connectivity index (χ3v) is 0.302. The van der Waals surface area contributed by atoms with Gasteiger partial charge in [-0.25, -0.2) is 0 Å². The van der Waals surface area contributed by atoms with Crippen LogP contribution in [0.4, 0.5) is 0 Å². The molecular formula is C3H7Cl3GeO2. The second-order valence-electron chi connectivity index (χ2n) is 0.995. The van der Waals surface area contributed by atoms with Crippen LogP contribution in [0.3, 0.4) is 0 Å². The molecule has 0 unspecified atom stereocenters. The molecule has 0 amide bonds. The number of carboxylic acid groups (broad SMARTS) is 1. The van der Waals surface area contributed by atoms with Crippen molar-refractivity contribution >= 4 is 47.6 Å². The van der Waals surface area contributed by atoms with Gasteiger partial charge in [-0.05, 0) is 0 Å². The second-order valence-corrected chi connectivity index (χ2v) is 12.3. The van der Waals surface area contributed by atoms with Crippen LogP contribution < -0.4 is 0 Å². The summed E-state index contributed by atoms with van der Waals surface area (Å²) in [5, 5.41) is 7.72. The molecule has 56 valence electrons. The van der Waals surface area contributed by atoms with E-state index in [1.165, 1.54) is 0 Å². The fraction of sp³-hybridized carbons (Fsp3) is 0.667. The predicted octanol–water partition coefficient (Wildman–Crippen LogP) is 1.90. The summed E-state index contributed by atoms with van der Waals surface area (Å²) in [5.41, 5.74) is 0. The molecule has 0 aliphatic heterocycles. The van der Waals surface area contributed by atoms with Crippen molar-refractivity contribution in [1.29, 1.82) is 0 Å². The normalized spacial score (nSPS) is 8.11. The van der Waals surface area contributed by atoms with Crippen LogP contribution in [0.15, 0.2) is 0 Å². The molecule has 0 aromatic carbocycles. The summed E-state index contributed by atoms with van der Waals surface area (Å²) in [4.78, 5) is 9.37. The Morgan fingerprint density at radius 3 is 1.67 bits per heavy atom. The van der Waals surface area contributed by atoms with Gasteiger partial charge in [-0.2, -0.15) is 0 Å². The van der Waals surface area contributed by atoms with Crippen molar-refractivity contribution in [1.82, 2.24) is 0 Å². The standard InChI is InChI=1S/C3H6O2.Cl3GeH/c1-2-3(4)5;1-4(2)3/h2H2,1H3,(H,4,5);4H. The molecule has 0 aliphatic rings. The number of carboxylic acids is 1. The minimum absolute atomic E-state index is 0.222. The zero-order valence-electron chi connectivity index (χ0n) is 4.77. The first-order valence-corrected chi connectivity index (χ1v) is 11.7. The Hall–Kier alpha value is 0.883. The van der Waals surface area contributed by atoms with Crippen molar-refractivity contribution in [2.75, 3.05) is 0 Å². The third-order valence-electron chi connectivity index (χ3n) is 0.302. The van der Waals surface area contributed by atoms with Gasteiger partial charge < -0.3 is 5.11 Å². The molecule has 0 bridgehead atoms. The minimum atomic E-state index is -2.06. The SMILES string of the molecule is CCC(=O)O.[Cl][GeH]([Cl])[Cl]. The van der Waals surface area contributed by atoms with Gasteiger partial charge in [0, 0.05) is 6.42 Å². The van der Waals surface area contributed by atoms with Crippen LogP contribution in [0.25, 0.3) is 0 Å². The first-order valence-electron chi connectivity index (χ1n) is 2.14. The number of carbonyl (C=O) groups is 1. The van der Waals surface area contributed by atoms with Crippen molar-refractivity contribution in [3.05, 3.63) is 0 Å². The fourth-order valence-corrected chi connectivity index (χ4v) is 0. The van der Waals surface area contributed by atoms with E-state index in [2.05, 4.69) is 0 Å². The van der Waals surface area contributed by atoms with E-state index in [0.717, 1.165) is 0 Å². The van der Waals surface area contributed by atoms with Gasteiger partial charge >= 0.3 is 47.6 Å². The monoisotopic (exact) mass is 254 g/mol. The molecule has 1 N–H and O–H groups in total. The summed E-state index contributed by atoms with van der Waals surface area (Å²) in [6.45, 7) is 1.60. The van der Waals surface area contributed by atoms with E-state index >= 15 is 0 Å². The summed E-state index contributed by atoms with van der Waals surface area (Å²) < 4.78 is 0. The average molecular weight is 254 g/mol. The van der Waals surface area contributed by atoms with E-state index in [-0.39, 0.29) is 6.42 Å². The molecule has 0 heterocycles. The van der Waals surface area contributed by atoms with E-state index in [9.17, 15) is 4.79 Å². The Bertz CT molecular complexity index is 74.7. The number of aliphatic carboxylic acids is 1. The second kappa shape index (κ2) is 8.88. The van der Waals surface area contributed by atoms with Crippen molar-refractivity contribution in [3.8, 4) is 0 Å². The van der Waals surface area contributed by atoms with E-state index in [1.807, 2.05) is 0 Å². The number of hydrogen-bond donors (Lipinski definition) is 1. The molecule has 6 heteroatoms. The number of halogens is 3. The molecule has 0 atom stereocenters. The first kappa shape index (κ1) is 12.5. The van der Waals surface area contributed by atoms with Crippen molar-refractivity contribution in [2.45, 2.75) is 13.3 Å². The number of rotatable bonds is 1. The molecule has 0 aliphatic carbocycles. The average Bonchev–Trinajstić information content (AvgIpc) is 1.65. The molecule has 0 fully saturated rings. The Morgan fingerprint density at radius 2 is 1.67 bits per heavy atom. The molecule has 9 heavy (non-hydrogen) atoms. The van der Waals surface area contributed by atoms with Crippen LogP contribution in [0.1, 0.15) is 13.3 Å². The van der Waals surface area contributed by atoms with Crippen molar-refractivity contribution in [3.63, 3.8) is 0 Å². The van der Waals surface area contributed by atoms with Gasteiger partial charge in [0.15, 0.2) is 0 Å². The Labute approximate surface area is 70.8 Å². The summed E-state index contributed by atoms with van der Waals surface area (Å²) in [7, 11) is 15.0. The van der Waals surface area contributed by atoms with Crippen LogP contribution >= 0.6 is 30.0 Å². The third kappa shape index (κ3) is 50.6. The Balaban J connectivity index is 0. The van der Waals surface area contributed by atoms with Crippen molar-refractivity contribution in [2.24, 2.45) is 0 Å². The number of hydrogen-bond acceptors (Lipinski definition) is 1. The quantitative estimate of drug-likeness (QED) is 0.725. The van der Waals surface area contributed by atoms with Gasteiger partial charge in [-0.1, -0.05) is 6.92 Å². The summed E-state index contributed by atoms with van der Waals surface area (Å²) in [6.07, 6.45) is 0.222. The van der Waals surface area contributed by atoms with Crippen LogP contribution in [-0.4, -0.2) is 22.6 Å². The molecular weight excluding hydrogens is 247 g/mol. The Kier molecular flexibility index (Phi) is 12.4. The Morgan fingerprint density at radius 1 is 1.56 bits per heavy atom. The van der Waals surface area contributed by atoms with Crippen molar-refractivity contribution < 1.29 is 9.90 Å². The van der Waals surface area contributed by atoms with Gasteiger partial charge in [0.1, 0.15) is 0 Å². The summed E-state index contributed by atoms with van der Waals surface area (Å²) in [5.74, 6) is -0.745. The molecule has 0 saturated carbocycles. The van der Waals surface area contributed by atoms with Gasteiger partial charge in [-0.3, -0.25) is 4.79 Å². The van der Waals surface area contributed by atoms with Crippen LogP contribution in [0.2, 0.25) is 0 Å². The molecule has 0 saturated heterocycles.